The molecule has 3 nitrogen and oxygen atoms in total. The third-order valence-corrected chi connectivity index (χ3v) is 2.72. The number of halogens is 1. The number of rotatable bonds is 4. The van der Waals surface area contributed by atoms with Crippen LogP contribution < -0.4 is 5.73 Å². The number of pyridine rings is 1. The van der Waals surface area contributed by atoms with Crippen molar-refractivity contribution in [1.82, 2.24) is 9.88 Å². The number of likely N-dealkylation sites (N-methyl/N-ethyl adjacent to an activating group) is 1. The van der Waals surface area contributed by atoms with Gasteiger partial charge in [0.25, 0.3) is 0 Å². The van der Waals surface area contributed by atoms with Gasteiger partial charge in [0.15, 0.2) is 0 Å². The maximum atomic E-state index is 5.59. The van der Waals surface area contributed by atoms with Crippen molar-refractivity contribution in [1.29, 1.82) is 0 Å². The van der Waals surface area contributed by atoms with E-state index < -0.39 is 0 Å². The van der Waals surface area contributed by atoms with Gasteiger partial charge < -0.3 is 5.73 Å². The molecule has 4 heteroatoms. The molecule has 1 rings (SSSR count). The first-order chi connectivity index (χ1) is 6.63. The van der Waals surface area contributed by atoms with Gasteiger partial charge >= 0.3 is 0 Å². The van der Waals surface area contributed by atoms with Crippen LogP contribution in [0, 0.1) is 0 Å². The molecule has 78 valence electrons. The molecule has 0 fully saturated rings. The second-order valence-electron chi connectivity index (χ2n) is 3.51. The fraction of sp³-hybridized carbons (Fsp3) is 0.500. The van der Waals surface area contributed by atoms with Crippen molar-refractivity contribution in [2.75, 3.05) is 13.6 Å². The van der Waals surface area contributed by atoms with Gasteiger partial charge in [0.05, 0.1) is 0 Å². The van der Waals surface area contributed by atoms with Crippen LogP contribution in [0.2, 0.25) is 0 Å². The summed E-state index contributed by atoms with van der Waals surface area (Å²) in [7, 11) is 2.07. The van der Waals surface area contributed by atoms with Crippen LogP contribution in [0.4, 0.5) is 0 Å². The molecular weight excluding hydrogens is 242 g/mol. The summed E-state index contributed by atoms with van der Waals surface area (Å²) in [6.07, 6.45) is 3.67. The van der Waals surface area contributed by atoms with E-state index in [1.807, 2.05) is 6.20 Å². The number of nitrogens with zero attached hydrogens (tertiary/aromatic N) is 2. The highest BCUT2D eigenvalue weighted by atomic mass is 79.9. The van der Waals surface area contributed by atoms with Gasteiger partial charge in [-0.1, -0.05) is 0 Å². The van der Waals surface area contributed by atoms with Crippen LogP contribution in [0.5, 0.6) is 0 Å². The topological polar surface area (TPSA) is 42.1 Å². The molecule has 0 saturated carbocycles. The van der Waals surface area contributed by atoms with Crippen molar-refractivity contribution >= 4 is 15.9 Å². The van der Waals surface area contributed by atoms with Gasteiger partial charge in [-0.2, -0.15) is 0 Å². The van der Waals surface area contributed by atoms with E-state index in [0.717, 1.165) is 11.0 Å². The lowest BCUT2D eigenvalue weighted by atomic mass is 10.2. The Balaban J connectivity index is 2.60. The summed E-state index contributed by atoms with van der Waals surface area (Å²) in [6.45, 7) is 3.67. The number of nitrogens with two attached hydrogens (primary N) is 1. The van der Waals surface area contributed by atoms with Gasteiger partial charge in [0.1, 0.15) is 0 Å². The standard InChI is InChI=1S/C10H16BrN3/c1-8(4-12)14(2)7-9-3-10(11)6-13-5-9/h3,5-6,8H,4,7,12H2,1-2H3. The molecule has 0 aliphatic rings. The van der Waals surface area contributed by atoms with E-state index in [4.69, 9.17) is 5.73 Å². The van der Waals surface area contributed by atoms with Crippen LogP contribution in [0.15, 0.2) is 22.9 Å². The Morgan fingerprint density at radius 1 is 1.57 bits per heavy atom. The minimum absolute atomic E-state index is 0.397. The minimum atomic E-state index is 0.397. The van der Waals surface area contributed by atoms with Crippen molar-refractivity contribution < 1.29 is 0 Å². The summed E-state index contributed by atoms with van der Waals surface area (Å²) < 4.78 is 1.02. The Morgan fingerprint density at radius 3 is 2.86 bits per heavy atom. The second-order valence-corrected chi connectivity index (χ2v) is 4.43. The molecule has 1 aromatic heterocycles. The SMILES string of the molecule is CC(CN)N(C)Cc1cncc(Br)c1. The van der Waals surface area contributed by atoms with Crippen molar-refractivity contribution in [3.63, 3.8) is 0 Å². The fourth-order valence-corrected chi connectivity index (χ4v) is 1.58. The smallest absolute Gasteiger partial charge is 0.0410 e. The number of hydrogen-bond acceptors (Lipinski definition) is 3. The van der Waals surface area contributed by atoms with Crippen LogP contribution in [-0.4, -0.2) is 29.5 Å². The first-order valence-corrected chi connectivity index (χ1v) is 5.42. The highest BCUT2D eigenvalue weighted by molar-refractivity contribution is 9.10. The fourth-order valence-electron chi connectivity index (χ4n) is 1.17. The van der Waals surface area contributed by atoms with Gasteiger partial charge in [-0.3, -0.25) is 9.88 Å². The Kier molecular flexibility index (Phi) is 4.51. The lowest BCUT2D eigenvalue weighted by molar-refractivity contribution is 0.254. The summed E-state index contributed by atoms with van der Waals surface area (Å²) in [5.74, 6) is 0. The highest BCUT2D eigenvalue weighted by Crippen LogP contribution is 2.11. The predicted octanol–water partition coefficient (Wildman–Crippen LogP) is 1.62. The molecule has 0 aliphatic heterocycles. The van der Waals surface area contributed by atoms with Gasteiger partial charge in [-0.05, 0) is 41.5 Å². The molecule has 1 atom stereocenters. The molecule has 0 aromatic carbocycles. The molecule has 2 N–H and O–H groups in total. The largest absolute Gasteiger partial charge is 0.329 e. The zero-order valence-corrected chi connectivity index (χ0v) is 10.2. The second kappa shape index (κ2) is 5.44. The quantitative estimate of drug-likeness (QED) is 0.892. The van der Waals surface area contributed by atoms with E-state index in [-0.39, 0.29) is 0 Å². The molecule has 1 heterocycles. The molecule has 1 aromatic rings. The van der Waals surface area contributed by atoms with Crippen molar-refractivity contribution in [3.05, 3.63) is 28.5 Å². The Labute approximate surface area is 93.4 Å². The average molecular weight is 258 g/mol. The number of aromatic nitrogens is 1. The Hall–Kier alpha value is -0.450. The predicted molar refractivity (Wildman–Crippen MR) is 61.9 cm³/mol. The van der Waals surface area contributed by atoms with E-state index in [9.17, 15) is 0 Å². The molecular formula is C10H16BrN3. The summed E-state index contributed by atoms with van der Waals surface area (Å²) in [5.41, 5.74) is 6.79. The van der Waals surface area contributed by atoms with Crippen LogP contribution in [-0.2, 0) is 6.54 Å². The number of hydrogen-bond donors (Lipinski definition) is 1. The maximum absolute atomic E-state index is 5.59. The molecule has 1 unspecified atom stereocenters. The highest BCUT2D eigenvalue weighted by Gasteiger charge is 2.07. The molecule has 14 heavy (non-hydrogen) atoms. The van der Waals surface area contributed by atoms with E-state index >= 15 is 0 Å². The molecule has 0 bridgehead atoms. The van der Waals surface area contributed by atoms with Crippen LogP contribution in [0.25, 0.3) is 0 Å². The Morgan fingerprint density at radius 2 is 2.29 bits per heavy atom. The summed E-state index contributed by atoms with van der Waals surface area (Å²) in [5, 5.41) is 0. The lowest BCUT2D eigenvalue weighted by Gasteiger charge is -2.23. The molecule has 0 amide bonds. The first kappa shape index (κ1) is 11.6. The summed E-state index contributed by atoms with van der Waals surface area (Å²) >= 11 is 3.40. The van der Waals surface area contributed by atoms with E-state index in [1.54, 1.807) is 6.20 Å². The summed E-state index contributed by atoms with van der Waals surface area (Å²) in [6, 6.07) is 2.47. The van der Waals surface area contributed by atoms with Crippen molar-refractivity contribution in [2.24, 2.45) is 5.73 Å². The lowest BCUT2D eigenvalue weighted by Crippen LogP contribution is -2.34. The zero-order valence-electron chi connectivity index (χ0n) is 8.57. The van der Waals surface area contributed by atoms with E-state index in [2.05, 4.69) is 45.9 Å². The normalized spacial score (nSPS) is 13.2. The van der Waals surface area contributed by atoms with Crippen molar-refractivity contribution in [3.8, 4) is 0 Å². The van der Waals surface area contributed by atoms with Crippen LogP contribution in [0.1, 0.15) is 12.5 Å². The maximum Gasteiger partial charge on any atom is 0.0410 e. The Bertz CT molecular complexity index is 290. The van der Waals surface area contributed by atoms with Gasteiger partial charge in [0.2, 0.25) is 0 Å². The zero-order chi connectivity index (χ0) is 10.6. The molecule has 0 saturated heterocycles. The minimum Gasteiger partial charge on any atom is -0.329 e. The van der Waals surface area contributed by atoms with Crippen LogP contribution >= 0.6 is 15.9 Å². The van der Waals surface area contributed by atoms with E-state index in [0.29, 0.717) is 12.6 Å². The molecule has 0 radical (unpaired) electrons. The van der Waals surface area contributed by atoms with Crippen LogP contribution in [0.3, 0.4) is 0 Å². The third kappa shape index (κ3) is 3.36. The molecule has 0 spiro atoms. The van der Waals surface area contributed by atoms with Gasteiger partial charge in [-0.15, -0.1) is 0 Å². The third-order valence-electron chi connectivity index (χ3n) is 2.29. The molecule has 0 aliphatic carbocycles. The summed E-state index contributed by atoms with van der Waals surface area (Å²) in [4.78, 5) is 6.33. The monoisotopic (exact) mass is 257 g/mol. The van der Waals surface area contributed by atoms with Gasteiger partial charge in [0, 0.05) is 36.0 Å². The van der Waals surface area contributed by atoms with Crippen molar-refractivity contribution in [2.45, 2.75) is 19.5 Å². The van der Waals surface area contributed by atoms with E-state index in [1.165, 1.54) is 5.56 Å². The van der Waals surface area contributed by atoms with Gasteiger partial charge in [-0.25, -0.2) is 0 Å². The average Bonchev–Trinajstić information content (AvgIpc) is 2.16. The first-order valence-electron chi connectivity index (χ1n) is 4.63.